The quantitative estimate of drug-likeness (QED) is 0.660. The van der Waals surface area contributed by atoms with Crippen molar-refractivity contribution in [2.75, 3.05) is 30.7 Å². The van der Waals surface area contributed by atoms with Crippen LogP contribution in [0.3, 0.4) is 0 Å². The van der Waals surface area contributed by atoms with Crippen LogP contribution < -0.4 is 14.8 Å². The highest BCUT2D eigenvalue weighted by atomic mass is 79.9. The Hall–Kier alpha value is -0.790. The normalized spacial score (nSPS) is 11.3. The number of ether oxygens (including phenoxy) is 1. The van der Waals surface area contributed by atoms with Gasteiger partial charge in [0.15, 0.2) is 0 Å². The molecular weight excluding hydrogens is 344 g/mol. The fourth-order valence-corrected chi connectivity index (χ4v) is 3.24. The predicted molar refractivity (Wildman–Crippen MR) is 85.9 cm³/mol. The number of unbranched alkanes of at least 4 members (excludes halogenated alkanes) is 1. The minimum absolute atomic E-state index is 0.105. The lowest BCUT2D eigenvalue weighted by Gasteiger charge is -2.12. The molecule has 0 radical (unpaired) electrons. The van der Waals surface area contributed by atoms with Crippen LogP contribution in [0.25, 0.3) is 0 Å². The van der Waals surface area contributed by atoms with Gasteiger partial charge >= 0.3 is 0 Å². The molecule has 7 heteroatoms. The van der Waals surface area contributed by atoms with Gasteiger partial charge in [-0.05, 0) is 44.1 Å². The Kier molecular flexibility index (Phi) is 7.32. The van der Waals surface area contributed by atoms with E-state index in [1.165, 1.54) is 7.11 Å². The average molecular weight is 365 g/mol. The number of hydrogen-bond donors (Lipinski definition) is 2. The Morgan fingerprint density at radius 1 is 1.30 bits per heavy atom. The van der Waals surface area contributed by atoms with E-state index in [1.54, 1.807) is 18.2 Å². The smallest absolute Gasteiger partial charge is 0.232 e. The topological polar surface area (TPSA) is 67.4 Å². The average Bonchev–Trinajstić information content (AvgIpc) is 2.38. The predicted octanol–water partition coefficient (Wildman–Crippen LogP) is 2.59. The molecule has 0 heterocycles. The molecule has 1 aromatic rings. The molecule has 0 unspecified atom stereocenters. The van der Waals surface area contributed by atoms with Gasteiger partial charge in [-0.25, -0.2) is 8.42 Å². The Labute approximate surface area is 129 Å². The molecule has 114 valence electrons. The fourth-order valence-electron chi connectivity index (χ4n) is 1.70. The zero-order chi connectivity index (χ0) is 15.0. The Balaban J connectivity index is 2.59. The van der Waals surface area contributed by atoms with Crippen molar-refractivity contribution in [1.29, 1.82) is 0 Å². The van der Waals surface area contributed by atoms with Crippen molar-refractivity contribution in [3.63, 3.8) is 0 Å². The van der Waals surface area contributed by atoms with Crippen molar-refractivity contribution in [3.8, 4) is 5.75 Å². The first-order chi connectivity index (χ1) is 9.48. The summed E-state index contributed by atoms with van der Waals surface area (Å²) in [5.74, 6) is 0.609. The molecule has 0 amide bonds. The summed E-state index contributed by atoms with van der Waals surface area (Å²) in [7, 11) is -1.84. The van der Waals surface area contributed by atoms with Gasteiger partial charge in [0, 0.05) is 4.47 Å². The van der Waals surface area contributed by atoms with E-state index in [1.807, 2.05) is 6.92 Å². The van der Waals surface area contributed by atoms with E-state index in [4.69, 9.17) is 4.74 Å². The summed E-state index contributed by atoms with van der Waals surface area (Å²) < 4.78 is 32.5. The lowest BCUT2D eigenvalue weighted by Crippen LogP contribution is -2.19. The first-order valence-corrected chi connectivity index (χ1v) is 8.97. The second kappa shape index (κ2) is 8.49. The van der Waals surface area contributed by atoms with Crippen LogP contribution in [0.1, 0.15) is 19.8 Å². The van der Waals surface area contributed by atoms with Crippen molar-refractivity contribution in [3.05, 3.63) is 22.7 Å². The van der Waals surface area contributed by atoms with Gasteiger partial charge in [-0.15, -0.1) is 0 Å². The molecule has 20 heavy (non-hydrogen) atoms. The maximum Gasteiger partial charge on any atom is 0.232 e. The third-order valence-corrected chi connectivity index (χ3v) is 4.54. The van der Waals surface area contributed by atoms with Gasteiger partial charge in [0.2, 0.25) is 10.0 Å². The van der Waals surface area contributed by atoms with Crippen molar-refractivity contribution in [2.45, 2.75) is 19.8 Å². The highest BCUT2D eigenvalue weighted by Crippen LogP contribution is 2.28. The zero-order valence-electron chi connectivity index (χ0n) is 11.8. The number of anilines is 1. The molecule has 5 nitrogen and oxygen atoms in total. The van der Waals surface area contributed by atoms with Gasteiger partial charge in [-0.1, -0.05) is 22.9 Å². The van der Waals surface area contributed by atoms with Crippen LogP contribution in [0, 0.1) is 0 Å². The monoisotopic (exact) mass is 364 g/mol. The third-order valence-electron chi connectivity index (χ3n) is 2.69. The van der Waals surface area contributed by atoms with E-state index >= 15 is 0 Å². The van der Waals surface area contributed by atoms with Gasteiger partial charge in [-0.3, -0.25) is 4.72 Å². The van der Waals surface area contributed by atoms with Crippen LogP contribution >= 0.6 is 15.9 Å². The molecule has 0 aromatic heterocycles. The number of rotatable bonds is 9. The van der Waals surface area contributed by atoms with Gasteiger partial charge < -0.3 is 10.1 Å². The number of hydrogen-bond acceptors (Lipinski definition) is 4. The molecule has 0 aliphatic carbocycles. The third kappa shape index (κ3) is 6.11. The maximum absolute atomic E-state index is 12.0. The molecule has 0 saturated heterocycles. The summed E-state index contributed by atoms with van der Waals surface area (Å²) in [6.45, 7) is 3.77. The van der Waals surface area contributed by atoms with Crippen LogP contribution in [0.15, 0.2) is 22.7 Å². The summed E-state index contributed by atoms with van der Waals surface area (Å²) >= 11 is 3.32. The molecule has 0 fully saturated rings. The van der Waals surface area contributed by atoms with E-state index in [9.17, 15) is 8.42 Å². The molecular formula is C13H21BrN2O3S. The second-order valence-corrected chi connectivity index (χ2v) is 7.08. The van der Waals surface area contributed by atoms with E-state index in [0.717, 1.165) is 24.0 Å². The Bertz CT molecular complexity index is 520. The first-order valence-electron chi connectivity index (χ1n) is 6.53. The lowest BCUT2D eigenvalue weighted by molar-refractivity contribution is 0.417. The van der Waals surface area contributed by atoms with Crippen molar-refractivity contribution < 1.29 is 13.2 Å². The number of halogens is 1. The van der Waals surface area contributed by atoms with E-state index < -0.39 is 10.0 Å². The summed E-state index contributed by atoms with van der Waals surface area (Å²) in [5.41, 5.74) is 0.452. The van der Waals surface area contributed by atoms with Gasteiger partial charge in [0.25, 0.3) is 0 Å². The summed E-state index contributed by atoms with van der Waals surface area (Å²) in [6, 6.07) is 5.20. The van der Waals surface area contributed by atoms with Crippen LogP contribution in [0.4, 0.5) is 5.69 Å². The van der Waals surface area contributed by atoms with Crippen LogP contribution in [-0.4, -0.2) is 34.4 Å². The molecule has 0 aliphatic heterocycles. The van der Waals surface area contributed by atoms with Crippen molar-refractivity contribution >= 4 is 31.6 Å². The van der Waals surface area contributed by atoms with Crippen molar-refractivity contribution in [2.24, 2.45) is 0 Å². The summed E-state index contributed by atoms with van der Waals surface area (Å²) in [6.07, 6.45) is 1.46. The largest absolute Gasteiger partial charge is 0.495 e. The standard InChI is InChI=1S/C13H21BrN2O3S/c1-3-15-8-4-5-9-20(17,18)16-12-10-11(14)6-7-13(12)19-2/h6-7,10,15-16H,3-5,8-9H2,1-2H3. The van der Waals surface area contributed by atoms with E-state index in [0.29, 0.717) is 17.9 Å². The van der Waals surface area contributed by atoms with E-state index in [-0.39, 0.29) is 5.75 Å². The summed E-state index contributed by atoms with van der Waals surface area (Å²) in [5, 5.41) is 3.17. The fraction of sp³-hybridized carbons (Fsp3) is 0.538. The Morgan fingerprint density at radius 2 is 2.05 bits per heavy atom. The number of benzene rings is 1. The highest BCUT2D eigenvalue weighted by Gasteiger charge is 2.13. The first kappa shape index (κ1) is 17.3. The minimum Gasteiger partial charge on any atom is -0.495 e. The molecule has 0 saturated carbocycles. The molecule has 1 rings (SSSR count). The van der Waals surface area contributed by atoms with Gasteiger partial charge in [0.1, 0.15) is 5.75 Å². The molecule has 0 aliphatic rings. The number of nitrogens with one attached hydrogen (secondary N) is 2. The summed E-state index contributed by atoms with van der Waals surface area (Å²) in [4.78, 5) is 0. The van der Waals surface area contributed by atoms with Crippen LogP contribution in [0.5, 0.6) is 5.75 Å². The molecule has 0 atom stereocenters. The van der Waals surface area contributed by atoms with Crippen LogP contribution in [-0.2, 0) is 10.0 Å². The van der Waals surface area contributed by atoms with Gasteiger partial charge in [0.05, 0.1) is 18.6 Å². The number of sulfonamides is 1. The zero-order valence-corrected chi connectivity index (χ0v) is 14.2. The molecule has 0 spiro atoms. The highest BCUT2D eigenvalue weighted by molar-refractivity contribution is 9.10. The van der Waals surface area contributed by atoms with Gasteiger partial charge in [-0.2, -0.15) is 0 Å². The lowest BCUT2D eigenvalue weighted by atomic mass is 10.3. The molecule has 2 N–H and O–H groups in total. The maximum atomic E-state index is 12.0. The second-order valence-electron chi connectivity index (χ2n) is 4.33. The van der Waals surface area contributed by atoms with Crippen LogP contribution in [0.2, 0.25) is 0 Å². The van der Waals surface area contributed by atoms with Crippen molar-refractivity contribution in [1.82, 2.24) is 5.32 Å². The minimum atomic E-state index is -3.35. The van der Waals surface area contributed by atoms with E-state index in [2.05, 4.69) is 26.0 Å². The number of methoxy groups -OCH3 is 1. The Morgan fingerprint density at radius 3 is 2.70 bits per heavy atom. The molecule has 0 bridgehead atoms. The SMILES string of the molecule is CCNCCCCS(=O)(=O)Nc1cc(Br)ccc1OC. The molecule has 1 aromatic carbocycles.